The summed E-state index contributed by atoms with van der Waals surface area (Å²) in [7, 11) is -3.55. The zero-order chi connectivity index (χ0) is 27.6. The number of sulfonamides is 1. The van der Waals surface area contributed by atoms with Gasteiger partial charge in [0, 0.05) is 25.6 Å². The van der Waals surface area contributed by atoms with Crippen LogP contribution in [-0.2, 0) is 32.6 Å². The largest absolute Gasteiger partial charge is 0.352 e. The molecule has 2 rings (SSSR count). The summed E-state index contributed by atoms with van der Waals surface area (Å²) in [5.41, 5.74) is 2.36. The van der Waals surface area contributed by atoms with Crippen LogP contribution < -0.4 is 9.62 Å². The van der Waals surface area contributed by atoms with E-state index in [1.54, 1.807) is 24.3 Å². The first-order valence-corrected chi connectivity index (χ1v) is 14.8. The minimum atomic E-state index is -3.55. The fourth-order valence-electron chi connectivity index (χ4n) is 4.05. The highest BCUT2D eigenvalue weighted by molar-refractivity contribution is 7.92. The van der Waals surface area contributed by atoms with Crippen molar-refractivity contribution in [3.63, 3.8) is 0 Å². The Bertz CT molecular complexity index is 1120. The number of halogens is 1. The van der Waals surface area contributed by atoms with Crippen molar-refractivity contribution in [2.75, 3.05) is 17.1 Å². The quantitative estimate of drug-likeness (QED) is 0.383. The molecule has 2 aromatic rings. The van der Waals surface area contributed by atoms with Crippen molar-refractivity contribution >= 4 is 27.5 Å². The molecule has 0 heterocycles. The van der Waals surface area contributed by atoms with Crippen LogP contribution in [0.3, 0.4) is 0 Å². The fraction of sp³-hybridized carbons (Fsp3) is 0.500. The van der Waals surface area contributed by atoms with Gasteiger partial charge in [-0.05, 0) is 68.0 Å². The lowest BCUT2D eigenvalue weighted by Crippen LogP contribution is -2.50. The third-order valence-electron chi connectivity index (χ3n) is 6.44. The Kier molecular flexibility index (Phi) is 11.6. The predicted molar refractivity (Wildman–Crippen MR) is 146 cm³/mol. The van der Waals surface area contributed by atoms with E-state index < -0.39 is 16.1 Å². The summed E-state index contributed by atoms with van der Waals surface area (Å²) in [5, 5.41) is 2.96. The van der Waals surface area contributed by atoms with Crippen molar-refractivity contribution in [3.8, 4) is 0 Å². The van der Waals surface area contributed by atoms with Gasteiger partial charge in [-0.25, -0.2) is 12.8 Å². The third-order valence-corrected chi connectivity index (χ3v) is 7.63. The molecule has 2 atom stereocenters. The second-order valence-corrected chi connectivity index (χ2v) is 11.3. The van der Waals surface area contributed by atoms with Crippen LogP contribution in [0.15, 0.2) is 48.5 Å². The summed E-state index contributed by atoms with van der Waals surface area (Å²) in [4.78, 5) is 28.0. The number of aryl methyl sites for hydroxylation is 1. The van der Waals surface area contributed by atoms with E-state index in [2.05, 4.69) is 5.32 Å². The Morgan fingerprint density at radius 1 is 0.946 bits per heavy atom. The Labute approximate surface area is 221 Å². The summed E-state index contributed by atoms with van der Waals surface area (Å²) in [5.74, 6) is -0.873. The van der Waals surface area contributed by atoms with E-state index in [4.69, 9.17) is 0 Å². The molecule has 0 aliphatic carbocycles. The average Bonchev–Trinajstić information content (AvgIpc) is 2.86. The molecule has 0 bridgehead atoms. The first-order valence-electron chi connectivity index (χ1n) is 12.9. The number of carbonyl (C=O) groups excluding carboxylic acids is 2. The first kappa shape index (κ1) is 30.3. The zero-order valence-corrected chi connectivity index (χ0v) is 23.4. The highest BCUT2D eigenvalue weighted by Gasteiger charge is 2.29. The number of benzene rings is 2. The van der Waals surface area contributed by atoms with Gasteiger partial charge in [0.15, 0.2) is 0 Å². The molecule has 204 valence electrons. The van der Waals surface area contributed by atoms with Crippen LogP contribution in [0.25, 0.3) is 0 Å². The number of carbonyl (C=O) groups is 2. The van der Waals surface area contributed by atoms with E-state index in [9.17, 15) is 22.4 Å². The van der Waals surface area contributed by atoms with Gasteiger partial charge in [0.25, 0.3) is 0 Å². The molecule has 0 fully saturated rings. The normalized spacial score (nSPS) is 13.0. The van der Waals surface area contributed by atoms with Crippen LogP contribution in [0.4, 0.5) is 10.1 Å². The molecule has 9 heteroatoms. The number of hydrogen-bond acceptors (Lipinski definition) is 4. The Morgan fingerprint density at radius 2 is 1.54 bits per heavy atom. The van der Waals surface area contributed by atoms with Crippen molar-refractivity contribution in [3.05, 3.63) is 65.5 Å². The SMILES string of the molecule is CCc1ccc(N(CCCC(=O)N(Cc2ccc(F)cc2)[C@H](CC)C(=O)N[C@@H](C)CC)S(C)(=O)=O)cc1. The second kappa shape index (κ2) is 14.1. The van der Waals surface area contributed by atoms with Gasteiger partial charge in [-0.3, -0.25) is 13.9 Å². The standard InChI is InChI=1S/C28H40FN3O4S/c1-6-21(4)30-28(34)26(8-3)31(20-23-11-15-24(29)16-12-23)27(33)10-9-19-32(37(5,35)36)25-17-13-22(7-2)14-18-25/h11-18,21,26H,6-10,19-20H2,1-5H3,(H,30,34)/t21-,26+/m0/s1. The molecule has 0 saturated carbocycles. The van der Waals surface area contributed by atoms with Crippen LogP contribution in [0.2, 0.25) is 0 Å². The highest BCUT2D eigenvalue weighted by atomic mass is 32.2. The maximum atomic E-state index is 13.4. The Hall–Kier alpha value is -2.94. The van der Waals surface area contributed by atoms with Crippen LogP contribution >= 0.6 is 0 Å². The monoisotopic (exact) mass is 533 g/mol. The maximum Gasteiger partial charge on any atom is 0.243 e. The van der Waals surface area contributed by atoms with Gasteiger partial charge in [-0.15, -0.1) is 0 Å². The number of nitrogens with zero attached hydrogens (tertiary/aromatic N) is 2. The van der Waals surface area contributed by atoms with Crippen LogP contribution in [0, 0.1) is 5.82 Å². The number of nitrogens with one attached hydrogen (secondary N) is 1. The molecule has 0 saturated heterocycles. The summed E-state index contributed by atoms with van der Waals surface area (Å²) >= 11 is 0. The van der Waals surface area contributed by atoms with E-state index in [0.29, 0.717) is 17.7 Å². The van der Waals surface area contributed by atoms with Gasteiger partial charge in [0.1, 0.15) is 11.9 Å². The summed E-state index contributed by atoms with van der Waals surface area (Å²) in [6, 6.07) is 12.4. The van der Waals surface area contributed by atoms with Gasteiger partial charge in [0.2, 0.25) is 21.8 Å². The number of rotatable bonds is 14. The molecular weight excluding hydrogens is 493 g/mol. The Morgan fingerprint density at radius 3 is 2.05 bits per heavy atom. The fourth-order valence-corrected chi connectivity index (χ4v) is 5.01. The first-order chi connectivity index (χ1) is 17.5. The van der Waals surface area contributed by atoms with E-state index in [1.807, 2.05) is 39.8 Å². The van der Waals surface area contributed by atoms with E-state index in [0.717, 1.165) is 24.7 Å². The Balaban J connectivity index is 2.21. The minimum Gasteiger partial charge on any atom is -0.352 e. The van der Waals surface area contributed by atoms with Crippen molar-refractivity contribution in [1.82, 2.24) is 10.2 Å². The molecule has 0 unspecified atom stereocenters. The van der Waals surface area contributed by atoms with Gasteiger partial charge in [-0.1, -0.05) is 45.0 Å². The molecule has 7 nitrogen and oxygen atoms in total. The lowest BCUT2D eigenvalue weighted by Gasteiger charge is -2.32. The molecule has 0 radical (unpaired) electrons. The smallest absolute Gasteiger partial charge is 0.243 e. The summed E-state index contributed by atoms with van der Waals surface area (Å²) in [6.45, 7) is 8.03. The molecule has 37 heavy (non-hydrogen) atoms. The van der Waals surface area contributed by atoms with Gasteiger partial charge in [-0.2, -0.15) is 0 Å². The predicted octanol–water partition coefficient (Wildman–Crippen LogP) is 4.66. The lowest BCUT2D eigenvalue weighted by molar-refractivity contribution is -0.141. The van der Waals surface area contributed by atoms with Crippen molar-refractivity contribution in [2.24, 2.45) is 0 Å². The minimum absolute atomic E-state index is 0.0354. The molecule has 0 aliphatic rings. The molecule has 0 spiro atoms. The molecular formula is C28H40FN3O4S. The van der Waals surface area contributed by atoms with E-state index in [1.165, 1.54) is 21.3 Å². The van der Waals surface area contributed by atoms with Gasteiger partial charge in [0.05, 0.1) is 11.9 Å². The molecule has 2 aromatic carbocycles. The molecule has 1 N–H and O–H groups in total. The molecule has 0 aromatic heterocycles. The van der Waals surface area contributed by atoms with Crippen LogP contribution in [0.5, 0.6) is 0 Å². The van der Waals surface area contributed by atoms with E-state index >= 15 is 0 Å². The topological polar surface area (TPSA) is 86.8 Å². The maximum absolute atomic E-state index is 13.4. The van der Waals surface area contributed by atoms with Crippen molar-refractivity contribution in [1.29, 1.82) is 0 Å². The van der Waals surface area contributed by atoms with Gasteiger partial charge >= 0.3 is 0 Å². The zero-order valence-electron chi connectivity index (χ0n) is 22.5. The van der Waals surface area contributed by atoms with Crippen molar-refractivity contribution < 1.29 is 22.4 Å². The highest BCUT2D eigenvalue weighted by Crippen LogP contribution is 2.21. The molecule has 2 amide bonds. The summed E-state index contributed by atoms with van der Waals surface area (Å²) < 4.78 is 39.7. The van der Waals surface area contributed by atoms with E-state index in [-0.39, 0.29) is 49.6 Å². The van der Waals surface area contributed by atoms with Crippen molar-refractivity contribution in [2.45, 2.75) is 78.4 Å². The summed E-state index contributed by atoms with van der Waals surface area (Å²) in [6.07, 6.45) is 3.51. The van der Waals surface area contributed by atoms with Crippen LogP contribution in [0.1, 0.15) is 64.5 Å². The van der Waals surface area contributed by atoms with Crippen LogP contribution in [-0.4, -0.2) is 50.0 Å². The number of hydrogen-bond donors (Lipinski definition) is 1. The second-order valence-electron chi connectivity index (χ2n) is 9.35. The molecule has 0 aliphatic heterocycles. The lowest BCUT2D eigenvalue weighted by atomic mass is 10.1. The third kappa shape index (κ3) is 9.14. The van der Waals surface area contributed by atoms with Gasteiger partial charge < -0.3 is 10.2 Å². The average molecular weight is 534 g/mol. The number of anilines is 1. The number of amides is 2.